The van der Waals surface area contributed by atoms with Gasteiger partial charge >= 0.3 is 5.97 Å². The highest BCUT2D eigenvalue weighted by Gasteiger charge is 2.31. The van der Waals surface area contributed by atoms with Crippen LogP contribution >= 0.6 is 0 Å². The number of ether oxygens (including phenoxy) is 1. The molecule has 9 nitrogen and oxygen atoms in total. The number of rotatable bonds is 6. The van der Waals surface area contributed by atoms with Crippen LogP contribution in [0.5, 0.6) is 0 Å². The summed E-state index contributed by atoms with van der Waals surface area (Å²) >= 11 is 0. The third-order valence-corrected chi connectivity index (χ3v) is 4.75. The van der Waals surface area contributed by atoms with Gasteiger partial charge in [-0.2, -0.15) is 0 Å². The van der Waals surface area contributed by atoms with Crippen molar-refractivity contribution >= 4 is 23.7 Å². The smallest absolute Gasteiger partial charge is 0.325 e. The van der Waals surface area contributed by atoms with E-state index >= 15 is 0 Å². The summed E-state index contributed by atoms with van der Waals surface area (Å²) in [6.07, 6.45) is 2.71. The summed E-state index contributed by atoms with van der Waals surface area (Å²) in [5.74, 6) is -0.272. The van der Waals surface area contributed by atoms with E-state index in [2.05, 4.69) is 0 Å². The maximum Gasteiger partial charge on any atom is 0.325 e. The highest BCUT2D eigenvalue weighted by atomic mass is 16.5. The van der Waals surface area contributed by atoms with Gasteiger partial charge in [-0.1, -0.05) is 0 Å². The molecule has 9 heteroatoms. The number of esters is 1. The summed E-state index contributed by atoms with van der Waals surface area (Å²) in [7, 11) is 0. The summed E-state index contributed by atoms with van der Waals surface area (Å²) in [5.41, 5.74) is 5.48. The molecule has 2 rings (SSSR count). The zero-order chi connectivity index (χ0) is 18.4. The Morgan fingerprint density at radius 1 is 1.20 bits per heavy atom. The van der Waals surface area contributed by atoms with Crippen molar-refractivity contribution in [1.82, 2.24) is 14.7 Å². The Balaban J connectivity index is 1.75. The zero-order valence-corrected chi connectivity index (χ0v) is 14.7. The van der Waals surface area contributed by atoms with Crippen molar-refractivity contribution < 1.29 is 19.1 Å². The van der Waals surface area contributed by atoms with Crippen LogP contribution in [0.15, 0.2) is 0 Å². The van der Waals surface area contributed by atoms with Crippen LogP contribution in [0.2, 0.25) is 0 Å². The van der Waals surface area contributed by atoms with Crippen LogP contribution in [0.25, 0.3) is 0 Å². The minimum absolute atomic E-state index is 0.0184. The molecule has 25 heavy (non-hydrogen) atoms. The number of hydrogen-bond acceptors (Lipinski definition) is 5. The summed E-state index contributed by atoms with van der Waals surface area (Å²) < 4.78 is 4.82. The molecule has 0 spiro atoms. The molecule has 2 amide bonds. The Labute approximate surface area is 147 Å². The predicted octanol–water partition coefficient (Wildman–Crippen LogP) is -0.784. The first-order valence-corrected chi connectivity index (χ1v) is 8.70. The Morgan fingerprint density at radius 3 is 2.40 bits per heavy atom. The Kier molecular flexibility index (Phi) is 6.60. The van der Waals surface area contributed by atoms with E-state index in [9.17, 15) is 14.4 Å². The number of guanidine groups is 1. The number of carbonyl (C=O) groups excluding carboxylic acids is 3. The Bertz CT molecular complexity index is 531. The fourth-order valence-corrected chi connectivity index (χ4v) is 3.21. The van der Waals surface area contributed by atoms with Gasteiger partial charge in [0.15, 0.2) is 5.96 Å². The van der Waals surface area contributed by atoms with E-state index in [1.54, 1.807) is 11.8 Å². The molecule has 0 aliphatic carbocycles. The van der Waals surface area contributed by atoms with Crippen LogP contribution < -0.4 is 5.73 Å². The quantitative estimate of drug-likeness (QED) is 0.367. The summed E-state index contributed by atoms with van der Waals surface area (Å²) in [4.78, 5) is 40.5. The lowest BCUT2D eigenvalue weighted by molar-refractivity contribution is -0.156. The average molecular weight is 353 g/mol. The lowest BCUT2D eigenvalue weighted by atomic mass is 9.93. The predicted molar refractivity (Wildman–Crippen MR) is 90.6 cm³/mol. The molecular formula is C16H27N5O4. The van der Waals surface area contributed by atoms with Gasteiger partial charge in [0.05, 0.1) is 13.2 Å². The van der Waals surface area contributed by atoms with Crippen molar-refractivity contribution in [3.05, 3.63) is 0 Å². The molecule has 0 aromatic carbocycles. The summed E-state index contributed by atoms with van der Waals surface area (Å²) in [6, 6.07) is 0. The van der Waals surface area contributed by atoms with Crippen LogP contribution in [0, 0.1) is 11.3 Å². The van der Waals surface area contributed by atoms with Gasteiger partial charge in [-0.25, -0.2) is 0 Å². The van der Waals surface area contributed by atoms with Gasteiger partial charge in [0.1, 0.15) is 13.1 Å². The molecule has 0 aromatic rings. The minimum atomic E-state index is -0.491. The first-order valence-electron chi connectivity index (χ1n) is 8.70. The topological polar surface area (TPSA) is 120 Å². The lowest BCUT2D eigenvalue weighted by Crippen LogP contribution is -2.55. The van der Waals surface area contributed by atoms with Crippen molar-refractivity contribution in [1.29, 1.82) is 5.41 Å². The molecule has 0 bridgehead atoms. The lowest BCUT2D eigenvalue weighted by Gasteiger charge is -2.36. The Hall–Kier alpha value is -2.32. The van der Waals surface area contributed by atoms with E-state index < -0.39 is 5.97 Å². The number of nitrogens with two attached hydrogens (primary N) is 1. The minimum Gasteiger partial charge on any atom is -0.465 e. The zero-order valence-electron chi connectivity index (χ0n) is 14.7. The first-order chi connectivity index (χ1) is 11.9. The molecule has 2 fully saturated rings. The molecule has 2 aliphatic rings. The molecule has 2 heterocycles. The third kappa shape index (κ3) is 5.33. The van der Waals surface area contributed by atoms with Crippen molar-refractivity contribution in [2.24, 2.45) is 11.7 Å². The van der Waals surface area contributed by atoms with Gasteiger partial charge in [0.2, 0.25) is 11.8 Å². The van der Waals surface area contributed by atoms with Gasteiger partial charge in [-0.3, -0.25) is 19.8 Å². The van der Waals surface area contributed by atoms with E-state index in [0.29, 0.717) is 12.5 Å². The van der Waals surface area contributed by atoms with E-state index in [1.807, 2.05) is 4.90 Å². The molecular weight excluding hydrogens is 326 g/mol. The van der Waals surface area contributed by atoms with E-state index in [1.165, 1.54) is 4.90 Å². The monoisotopic (exact) mass is 353 g/mol. The molecule has 140 valence electrons. The van der Waals surface area contributed by atoms with Crippen molar-refractivity contribution in [3.63, 3.8) is 0 Å². The highest BCUT2D eigenvalue weighted by molar-refractivity contribution is 5.94. The number of nitrogens with zero attached hydrogens (tertiary/aromatic N) is 3. The normalized spacial score (nSPS) is 19.3. The van der Waals surface area contributed by atoms with Crippen LogP contribution in [-0.2, 0) is 19.1 Å². The van der Waals surface area contributed by atoms with Gasteiger partial charge < -0.3 is 25.2 Å². The average Bonchev–Trinajstić information content (AvgIpc) is 2.57. The number of likely N-dealkylation sites (tertiary alicyclic amines) is 1. The van der Waals surface area contributed by atoms with Crippen LogP contribution in [-0.4, -0.2) is 84.3 Å². The first kappa shape index (κ1) is 19.0. The van der Waals surface area contributed by atoms with Gasteiger partial charge in [0.25, 0.3) is 0 Å². The van der Waals surface area contributed by atoms with Crippen LogP contribution in [0.4, 0.5) is 0 Å². The fourth-order valence-electron chi connectivity index (χ4n) is 3.21. The molecule has 2 aliphatic heterocycles. The van der Waals surface area contributed by atoms with Crippen molar-refractivity contribution in [2.75, 3.05) is 45.9 Å². The third-order valence-electron chi connectivity index (χ3n) is 4.75. The molecule has 0 saturated carbocycles. The second-order valence-electron chi connectivity index (χ2n) is 6.47. The second kappa shape index (κ2) is 8.68. The van der Waals surface area contributed by atoms with Crippen molar-refractivity contribution in [3.8, 4) is 0 Å². The van der Waals surface area contributed by atoms with Crippen LogP contribution in [0.3, 0.4) is 0 Å². The maximum absolute atomic E-state index is 12.2. The van der Waals surface area contributed by atoms with Crippen molar-refractivity contribution in [2.45, 2.75) is 26.2 Å². The van der Waals surface area contributed by atoms with Gasteiger partial charge in [0, 0.05) is 19.6 Å². The largest absolute Gasteiger partial charge is 0.465 e. The van der Waals surface area contributed by atoms with Gasteiger partial charge in [-0.15, -0.1) is 0 Å². The van der Waals surface area contributed by atoms with E-state index in [0.717, 1.165) is 32.4 Å². The number of piperazine rings is 1. The molecule has 2 saturated heterocycles. The standard InChI is InChI=1S/C16H27N5O4/c1-2-25-15(24)11-21-10-13(22)20(9-14(21)23)8-5-12-3-6-19(7-4-12)16(17)18/h12H,2-11H2,1H3,(H3,17,18). The fraction of sp³-hybridized carbons (Fsp3) is 0.750. The number of piperidine rings is 1. The summed E-state index contributed by atoms with van der Waals surface area (Å²) in [5, 5.41) is 7.44. The number of amides is 2. The van der Waals surface area contributed by atoms with Crippen LogP contribution in [0.1, 0.15) is 26.2 Å². The van der Waals surface area contributed by atoms with E-state index in [-0.39, 0.29) is 44.0 Å². The number of carbonyl (C=O) groups is 3. The maximum atomic E-state index is 12.2. The van der Waals surface area contributed by atoms with E-state index in [4.69, 9.17) is 15.9 Å². The Morgan fingerprint density at radius 2 is 1.80 bits per heavy atom. The summed E-state index contributed by atoms with van der Waals surface area (Å²) in [6.45, 7) is 3.80. The van der Waals surface area contributed by atoms with Gasteiger partial charge in [-0.05, 0) is 32.1 Å². The molecule has 0 aromatic heterocycles. The number of hydrogen-bond donors (Lipinski definition) is 2. The molecule has 3 N–H and O–H groups in total. The number of nitrogens with one attached hydrogen (secondary N) is 1. The molecule has 0 radical (unpaired) electrons. The highest BCUT2D eigenvalue weighted by Crippen LogP contribution is 2.21. The molecule has 0 unspecified atom stereocenters. The SMILES string of the molecule is CCOC(=O)CN1CC(=O)N(CCC2CCN(C(=N)N)CC2)CC1=O. The molecule has 0 atom stereocenters. The second-order valence-corrected chi connectivity index (χ2v) is 6.47.